The third-order valence-electron chi connectivity index (χ3n) is 6.23. The first kappa shape index (κ1) is 30.2. The molecule has 0 spiro atoms. The number of methoxy groups -OCH3 is 1. The fraction of sp³-hybridized carbons (Fsp3) is 0.500. The van der Waals surface area contributed by atoms with Crippen molar-refractivity contribution in [3.8, 4) is 5.75 Å². The summed E-state index contributed by atoms with van der Waals surface area (Å²) in [7, 11) is -2.21. The molecule has 1 atom stereocenters. The third-order valence-corrected chi connectivity index (χ3v) is 7.37. The molecule has 1 N–H and O–H groups in total. The molecule has 0 aliphatic rings. The minimum atomic E-state index is -3.77. The lowest BCUT2D eigenvalue weighted by atomic mass is 10.0. The van der Waals surface area contributed by atoms with Gasteiger partial charge in [-0.15, -0.1) is 0 Å². The number of sulfonamides is 1. The van der Waals surface area contributed by atoms with Gasteiger partial charge in [-0.25, -0.2) is 8.42 Å². The fourth-order valence-corrected chi connectivity index (χ4v) is 4.88. The van der Waals surface area contributed by atoms with E-state index < -0.39 is 28.5 Å². The lowest BCUT2D eigenvalue weighted by Gasteiger charge is -2.33. The third kappa shape index (κ3) is 8.77. The van der Waals surface area contributed by atoms with E-state index in [2.05, 4.69) is 19.2 Å². The summed E-state index contributed by atoms with van der Waals surface area (Å²) < 4.78 is 31.9. The van der Waals surface area contributed by atoms with Gasteiger partial charge in [0.2, 0.25) is 21.8 Å². The Kier molecular flexibility index (Phi) is 11.4. The molecule has 2 amide bonds. The predicted octanol–water partition coefficient (Wildman–Crippen LogP) is 4.31. The number of carbonyl (C=O) groups is 2. The molecule has 37 heavy (non-hydrogen) atoms. The van der Waals surface area contributed by atoms with E-state index in [-0.39, 0.29) is 18.4 Å². The standard InChI is InChI=1S/C28H41N3O5S/c1-7-9-17-29-28(33)26(8-2)30(19-22-11-10-12-25(18-22)36-5)27(32)20-31(37(6,34)35)24-15-13-23(14-16-24)21(3)4/h10-16,18,21,26H,7-9,17,19-20H2,1-6H3,(H,29,33). The quantitative estimate of drug-likeness (QED) is 0.367. The second-order valence-corrected chi connectivity index (χ2v) is 11.4. The van der Waals surface area contributed by atoms with Crippen LogP contribution in [0.2, 0.25) is 0 Å². The normalized spacial score (nSPS) is 12.2. The van der Waals surface area contributed by atoms with Gasteiger partial charge in [0.1, 0.15) is 18.3 Å². The molecule has 0 bridgehead atoms. The van der Waals surface area contributed by atoms with Gasteiger partial charge in [-0.3, -0.25) is 13.9 Å². The highest BCUT2D eigenvalue weighted by atomic mass is 32.2. The monoisotopic (exact) mass is 531 g/mol. The van der Waals surface area contributed by atoms with Crippen LogP contribution in [0.15, 0.2) is 48.5 Å². The van der Waals surface area contributed by atoms with Crippen LogP contribution >= 0.6 is 0 Å². The molecular formula is C28H41N3O5S. The van der Waals surface area contributed by atoms with Gasteiger partial charge >= 0.3 is 0 Å². The summed E-state index contributed by atoms with van der Waals surface area (Å²) in [6.07, 6.45) is 3.23. The van der Waals surface area contributed by atoms with Crippen LogP contribution < -0.4 is 14.4 Å². The second kappa shape index (κ2) is 14.0. The Morgan fingerprint density at radius 2 is 1.73 bits per heavy atom. The molecule has 0 heterocycles. The maximum atomic E-state index is 13.8. The number of rotatable bonds is 14. The van der Waals surface area contributed by atoms with Gasteiger partial charge in [0.25, 0.3) is 0 Å². The smallest absolute Gasteiger partial charge is 0.244 e. The molecule has 0 aromatic heterocycles. The van der Waals surface area contributed by atoms with E-state index in [1.165, 1.54) is 4.90 Å². The Balaban J connectivity index is 2.42. The average Bonchev–Trinajstić information content (AvgIpc) is 2.86. The SMILES string of the molecule is CCCCNC(=O)C(CC)N(Cc1cccc(OC)c1)C(=O)CN(c1ccc(C(C)C)cc1)S(C)(=O)=O. The Hall–Kier alpha value is -3.07. The van der Waals surface area contributed by atoms with Crippen LogP contribution in [-0.2, 0) is 26.2 Å². The summed E-state index contributed by atoms with van der Waals surface area (Å²) in [6, 6.07) is 13.7. The number of hydrogen-bond acceptors (Lipinski definition) is 5. The zero-order chi connectivity index (χ0) is 27.6. The number of anilines is 1. The van der Waals surface area contributed by atoms with Crippen molar-refractivity contribution < 1.29 is 22.7 Å². The van der Waals surface area contributed by atoms with E-state index in [1.807, 2.05) is 38.1 Å². The molecule has 204 valence electrons. The summed E-state index contributed by atoms with van der Waals surface area (Å²) in [6.45, 7) is 8.23. The van der Waals surface area contributed by atoms with Crippen LogP contribution in [0, 0.1) is 0 Å². The summed E-state index contributed by atoms with van der Waals surface area (Å²) in [4.78, 5) is 28.3. The van der Waals surface area contributed by atoms with Crippen LogP contribution in [0.3, 0.4) is 0 Å². The maximum Gasteiger partial charge on any atom is 0.244 e. The van der Waals surface area contributed by atoms with Gasteiger partial charge in [-0.05, 0) is 54.2 Å². The predicted molar refractivity (Wildman–Crippen MR) is 148 cm³/mol. The average molecular weight is 532 g/mol. The van der Waals surface area contributed by atoms with Crippen LogP contribution in [0.5, 0.6) is 5.75 Å². The van der Waals surface area contributed by atoms with Crippen LogP contribution in [0.25, 0.3) is 0 Å². The first-order chi connectivity index (χ1) is 17.5. The van der Waals surface area contributed by atoms with Crippen LogP contribution in [0.1, 0.15) is 64.0 Å². The number of unbranched alkanes of at least 4 members (excludes halogenated alkanes) is 1. The molecule has 0 radical (unpaired) electrons. The zero-order valence-corrected chi connectivity index (χ0v) is 23.7. The van der Waals surface area contributed by atoms with Crippen molar-refractivity contribution in [3.63, 3.8) is 0 Å². The molecule has 2 rings (SSSR count). The van der Waals surface area contributed by atoms with Gasteiger partial charge in [-0.1, -0.05) is 58.4 Å². The minimum absolute atomic E-state index is 0.139. The number of amides is 2. The first-order valence-corrected chi connectivity index (χ1v) is 14.6. The first-order valence-electron chi connectivity index (χ1n) is 12.8. The number of hydrogen-bond donors (Lipinski definition) is 1. The van der Waals surface area contributed by atoms with E-state index in [0.717, 1.165) is 34.5 Å². The zero-order valence-electron chi connectivity index (χ0n) is 22.9. The Morgan fingerprint density at radius 1 is 1.05 bits per heavy atom. The van der Waals surface area contributed by atoms with E-state index in [1.54, 1.807) is 31.4 Å². The van der Waals surface area contributed by atoms with Crippen molar-refractivity contribution in [2.24, 2.45) is 0 Å². The number of nitrogens with zero attached hydrogens (tertiary/aromatic N) is 2. The Morgan fingerprint density at radius 3 is 2.27 bits per heavy atom. The largest absolute Gasteiger partial charge is 0.497 e. The summed E-state index contributed by atoms with van der Waals surface area (Å²) in [5.41, 5.74) is 2.25. The molecule has 0 aliphatic heterocycles. The van der Waals surface area contributed by atoms with Gasteiger partial charge in [-0.2, -0.15) is 0 Å². The van der Waals surface area contributed by atoms with Crippen molar-refractivity contribution in [1.82, 2.24) is 10.2 Å². The number of benzene rings is 2. The Bertz CT molecular complexity index is 1130. The fourth-order valence-electron chi connectivity index (χ4n) is 4.03. The molecule has 2 aromatic rings. The summed E-state index contributed by atoms with van der Waals surface area (Å²) in [5.74, 6) is 0.212. The van der Waals surface area contributed by atoms with Crippen molar-refractivity contribution in [2.75, 3.05) is 30.8 Å². The highest BCUT2D eigenvalue weighted by Crippen LogP contribution is 2.23. The highest BCUT2D eigenvalue weighted by molar-refractivity contribution is 7.92. The Labute approximate surface area is 222 Å². The topological polar surface area (TPSA) is 96.0 Å². The van der Waals surface area contributed by atoms with Gasteiger partial charge in [0, 0.05) is 13.1 Å². The molecule has 1 unspecified atom stereocenters. The molecule has 2 aromatic carbocycles. The molecule has 0 fully saturated rings. The molecule has 0 saturated heterocycles. The molecule has 0 aliphatic carbocycles. The number of nitrogens with one attached hydrogen (secondary N) is 1. The van der Waals surface area contributed by atoms with E-state index in [0.29, 0.717) is 24.4 Å². The molecule has 9 heteroatoms. The van der Waals surface area contributed by atoms with E-state index >= 15 is 0 Å². The van der Waals surface area contributed by atoms with Gasteiger partial charge in [0.15, 0.2) is 0 Å². The molecule has 0 saturated carbocycles. The summed E-state index contributed by atoms with van der Waals surface area (Å²) in [5, 5.41) is 2.92. The van der Waals surface area contributed by atoms with Crippen LogP contribution in [-0.4, -0.2) is 57.6 Å². The summed E-state index contributed by atoms with van der Waals surface area (Å²) >= 11 is 0. The van der Waals surface area contributed by atoms with E-state index in [4.69, 9.17) is 4.74 Å². The molecule has 8 nitrogen and oxygen atoms in total. The lowest BCUT2D eigenvalue weighted by molar-refractivity contribution is -0.140. The number of ether oxygens (including phenoxy) is 1. The molecular weight excluding hydrogens is 490 g/mol. The van der Waals surface area contributed by atoms with Crippen LogP contribution in [0.4, 0.5) is 5.69 Å². The lowest BCUT2D eigenvalue weighted by Crippen LogP contribution is -2.52. The minimum Gasteiger partial charge on any atom is -0.497 e. The second-order valence-electron chi connectivity index (χ2n) is 9.46. The van der Waals surface area contributed by atoms with Crippen molar-refractivity contribution >= 4 is 27.5 Å². The van der Waals surface area contributed by atoms with E-state index in [9.17, 15) is 18.0 Å². The van der Waals surface area contributed by atoms with Crippen molar-refractivity contribution in [2.45, 2.75) is 65.5 Å². The van der Waals surface area contributed by atoms with Gasteiger partial charge in [0.05, 0.1) is 19.1 Å². The van der Waals surface area contributed by atoms with Gasteiger partial charge < -0.3 is 15.0 Å². The maximum absolute atomic E-state index is 13.8. The van der Waals surface area contributed by atoms with Crippen molar-refractivity contribution in [1.29, 1.82) is 0 Å². The van der Waals surface area contributed by atoms with Crippen molar-refractivity contribution in [3.05, 3.63) is 59.7 Å². The highest BCUT2D eigenvalue weighted by Gasteiger charge is 2.31. The number of carbonyl (C=O) groups excluding carboxylic acids is 2.